The topological polar surface area (TPSA) is 113 Å². The number of anilines is 1. The van der Waals surface area contributed by atoms with Gasteiger partial charge in [0.2, 0.25) is 5.91 Å². The van der Waals surface area contributed by atoms with Crippen molar-refractivity contribution in [1.82, 2.24) is 4.98 Å². The van der Waals surface area contributed by atoms with E-state index in [1.54, 1.807) is 12.3 Å². The van der Waals surface area contributed by atoms with Crippen LogP contribution in [0, 0.1) is 5.92 Å². The van der Waals surface area contributed by atoms with Gasteiger partial charge < -0.3 is 25.1 Å². The summed E-state index contributed by atoms with van der Waals surface area (Å²) in [5.41, 5.74) is 5.00. The summed E-state index contributed by atoms with van der Waals surface area (Å²) in [4.78, 5) is 27.8. The highest BCUT2D eigenvalue weighted by Crippen LogP contribution is 2.36. The van der Waals surface area contributed by atoms with E-state index in [0.717, 1.165) is 24.7 Å². The number of carbonyl (C=O) groups is 2. The lowest BCUT2D eigenvalue weighted by Crippen LogP contribution is -2.41. The Morgan fingerprint density at radius 2 is 1.93 bits per heavy atom. The number of primary amides is 1. The lowest BCUT2D eigenvalue weighted by atomic mass is 9.79. The van der Waals surface area contributed by atoms with Crippen LogP contribution < -0.4 is 16.5 Å². The van der Waals surface area contributed by atoms with Gasteiger partial charge in [0.05, 0.1) is 11.2 Å². The molecular formula is C19H28BN3O5. The number of hydrogen-bond acceptors (Lipinski definition) is 6. The summed E-state index contributed by atoms with van der Waals surface area (Å²) in [5, 5.41) is 2.86. The fraction of sp³-hybridized carbons (Fsp3) is 0.632. The van der Waals surface area contributed by atoms with Crippen LogP contribution in [0.25, 0.3) is 0 Å². The van der Waals surface area contributed by atoms with E-state index < -0.39 is 24.4 Å². The molecule has 0 bridgehead atoms. The zero-order valence-corrected chi connectivity index (χ0v) is 16.9. The molecule has 1 aliphatic carbocycles. The van der Waals surface area contributed by atoms with Gasteiger partial charge >= 0.3 is 13.2 Å². The Morgan fingerprint density at radius 3 is 2.57 bits per heavy atom. The number of nitrogens with two attached hydrogens (primary N) is 1. The molecule has 2 atom stereocenters. The summed E-state index contributed by atoms with van der Waals surface area (Å²) in [7, 11) is -0.522. The zero-order valence-electron chi connectivity index (χ0n) is 16.9. The van der Waals surface area contributed by atoms with E-state index in [1.807, 2.05) is 33.8 Å². The lowest BCUT2D eigenvalue weighted by Gasteiger charge is -2.32. The Hall–Kier alpha value is -2.13. The number of nitrogens with one attached hydrogen (secondary N) is 1. The predicted molar refractivity (Wildman–Crippen MR) is 105 cm³/mol. The van der Waals surface area contributed by atoms with Gasteiger partial charge in [-0.1, -0.05) is 0 Å². The molecule has 2 heterocycles. The first-order valence-electron chi connectivity index (χ1n) is 9.66. The molecule has 1 saturated carbocycles. The Labute approximate surface area is 165 Å². The first-order valence-corrected chi connectivity index (χ1v) is 9.66. The Kier molecular flexibility index (Phi) is 5.68. The van der Waals surface area contributed by atoms with E-state index in [2.05, 4.69) is 10.3 Å². The zero-order chi connectivity index (χ0) is 20.5. The van der Waals surface area contributed by atoms with Crippen molar-refractivity contribution < 1.29 is 23.6 Å². The number of nitrogens with zero attached hydrogens (tertiary/aromatic N) is 1. The standard InChI is InChI=1S/C19H28BN3O5/c1-18(2)19(3,4)28-20(27-18)13-8-9-22-15(11-13)23-16(24)12-6-5-7-14(10-12)26-17(21)25/h8-9,11-12,14H,5-7,10H2,1-4H3,(H2,21,25)(H,22,23,24)/t12-,14+/m0/s1. The van der Waals surface area contributed by atoms with E-state index in [4.69, 9.17) is 19.8 Å². The molecule has 0 spiro atoms. The molecule has 0 aromatic carbocycles. The largest absolute Gasteiger partial charge is 0.495 e. The normalized spacial score (nSPS) is 25.9. The third-order valence-electron chi connectivity index (χ3n) is 5.84. The monoisotopic (exact) mass is 389 g/mol. The van der Waals surface area contributed by atoms with Crippen LogP contribution in [0.3, 0.4) is 0 Å². The number of aromatic nitrogens is 1. The second kappa shape index (κ2) is 7.71. The van der Waals surface area contributed by atoms with Gasteiger partial charge in [-0.3, -0.25) is 4.79 Å². The smallest absolute Gasteiger partial charge is 0.446 e. The fourth-order valence-corrected chi connectivity index (χ4v) is 3.52. The van der Waals surface area contributed by atoms with Crippen molar-refractivity contribution in [2.45, 2.75) is 70.7 Å². The molecule has 3 rings (SSSR count). The number of ether oxygens (including phenoxy) is 1. The van der Waals surface area contributed by atoms with Crippen molar-refractivity contribution in [3.8, 4) is 0 Å². The molecule has 0 radical (unpaired) electrons. The van der Waals surface area contributed by atoms with Gasteiger partial charge in [-0.25, -0.2) is 9.78 Å². The van der Waals surface area contributed by atoms with Gasteiger partial charge in [-0.2, -0.15) is 0 Å². The average molecular weight is 389 g/mol. The van der Waals surface area contributed by atoms with E-state index in [1.165, 1.54) is 0 Å². The predicted octanol–water partition coefficient (Wildman–Crippen LogP) is 1.97. The minimum Gasteiger partial charge on any atom is -0.446 e. The molecule has 3 N–H and O–H groups in total. The molecule has 28 heavy (non-hydrogen) atoms. The maximum atomic E-state index is 12.7. The summed E-state index contributed by atoms with van der Waals surface area (Å²) in [5.74, 6) is 0.0481. The molecule has 9 heteroatoms. The first kappa shape index (κ1) is 20.6. The minimum absolute atomic E-state index is 0.142. The molecule has 0 unspecified atom stereocenters. The second-order valence-corrected chi connectivity index (χ2v) is 8.47. The van der Waals surface area contributed by atoms with Gasteiger partial charge in [0.15, 0.2) is 0 Å². The van der Waals surface area contributed by atoms with Crippen LogP contribution >= 0.6 is 0 Å². The molecule has 1 aromatic heterocycles. The quantitative estimate of drug-likeness (QED) is 0.762. The molecule has 8 nitrogen and oxygen atoms in total. The van der Waals surface area contributed by atoms with Crippen LogP contribution in [0.1, 0.15) is 53.4 Å². The number of pyridine rings is 1. The van der Waals surface area contributed by atoms with Crippen molar-refractivity contribution in [1.29, 1.82) is 0 Å². The van der Waals surface area contributed by atoms with Gasteiger partial charge in [0.1, 0.15) is 11.9 Å². The Morgan fingerprint density at radius 1 is 1.25 bits per heavy atom. The highest BCUT2D eigenvalue weighted by atomic mass is 16.7. The van der Waals surface area contributed by atoms with Crippen LogP contribution in [0.4, 0.5) is 10.6 Å². The summed E-state index contributed by atoms with van der Waals surface area (Å²) < 4.78 is 17.2. The van der Waals surface area contributed by atoms with E-state index >= 15 is 0 Å². The summed E-state index contributed by atoms with van der Waals surface area (Å²) >= 11 is 0. The maximum absolute atomic E-state index is 12.7. The molecule has 2 aliphatic rings. The molecule has 2 fully saturated rings. The van der Waals surface area contributed by atoms with E-state index in [0.29, 0.717) is 12.2 Å². The summed E-state index contributed by atoms with van der Waals surface area (Å²) in [6, 6.07) is 3.58. The summed E-state index contributed by atoms with van der Waals surface area (Å²) in [6.07, 6.45) is 3.23. The van der Waals surface area contributed by atoms with E-state index in [9.17, 15) is 9.59 Å². The number of amides is 2. The van der Waals surface area contributed by atoms with Crippen molar-refractivity contribution in [2.24, 2.45) is 11.7 Å². The molecule has 2 amide bonds. The third kappa shape index (κ3) is 4.47. The van der Waals surface area contributed by atoms with Crippen molar-refractivity contribution >= 4 is 30.4 Å². The van der Waals surface area contributed by atoms with Crippen molar-refractivity contribution in [3.05, 3.63) is 18.3 Å². The van der Waals surface area contributed by atoms with Crippen LogP contribution in [0.5, 0.6) is 0 Å². The molecule has 1 aromatic rings. The number of rotatable bonds is 4. The molecule has 152 valence electrons. The Balaban J connectivity index is 1.65. The molecular weight excluding hydrogens is 361 g/mol. The van der Waals surface area contributed by atoms with Gasteiger partial charge in [-0.15, -0.1) is 0 Å². The number of hydrogen-bond donors (Lipinski definition) is 2. The highest BCUT2D eigenvalue weighted by Gasteiger charge is 2.51. The second-order valence-electron chi connectivity index (χ2n) is 8.47. The first-order chi connectivity index (χ1) is 13.1. The van der Waals surface area contributed by atoms with Crippen molar-refractivity contribution in [3.63, 3.8) is 0 Å². The van der Waals surface area contributed by atoms with Crippen LogP contribution in [0.15, 0.2) is 18.3 Å². The van der Waals surface area contributed by atoms with Crippen LogP contribution in [0.2, 0.25) is 0 Å². The van der Waals surface area contributed by atoms with Crippen LogP contribution in [-0.2, 0) is 18.8 Å². The Bertz CT molecular complexity index is 739. The molecule has 1 saturated heterocycles. The minimum atomic E-state index is -0.803. The van der Waals surface area contributed by atoms with E-state index in [-0.39, 0.29) is 17.9 Å². The highest BCUT2D eigenvalue weighted by molar-refractivity contribution is 6.62. The maximum Gasteiger partial charge on any atom is 0.495 e. The van der Waals surface area contributed by atoms with Gasteiger partial charge in [0.25, 0.3) is 0 Å². The molecule has 1 aliphatic heterocycles. The van der Waals surface area contributed by atoms with Gasteiger partial charge in [0, 0.05) is 12.1 Å². The lowest BCUT2D eigenvalue weighted by molar-refractivity contribution is -0.122. The van der Waals surface area contributed by atoms with Crippen LogP contribution in [-0.4, -0.2) is 41.4 Å². The third-order valence-corrected chi connectivity index (χ3v) is 5.84. The average Bonchev–Trinajstić information content (AvgIpc) is 2.82. The number of carbonyl (C=O) groups excluding carboxylic acids is 2. The SMILES string of the molecule is CC1(C)OB(c2ccnc(NC(=O)[C@H]3CCC[C@@H](OC(N)=O)C3)c2)OC1(C)C. The van der Waals surface area contributed by atoms with Gasteiger partial charge in [-0.05, 0) is 71.0 Å². The fourth-order valence-electron chi connectivity index (χ4n) is 3.52. The summed E-state index contributed by atoms with van der Waals surface area (Å²) in [6.45, 7) is 7.96. The van der Waals surface area contributed by atoms with Crippen molar-refractivity contribution in [2.75, 3.05) is 5.32 Å².